The van der Waals surface area contributed by atoms with E-state index < -0.39 is 13.1 Å². The van der Waals surface area contributed by atoms with E-state index in [1.54, 1.807) is 18.3 Å². The zero-order chi connectivity index (χ0) is 22.5. The second kappa shape index (κ2) is 10.3. The molecule has 8 heteroatoms. The molecule has 1 atom stereocenters. The maximum absolute atomic E-state index is 12.7. The predicted molar refractivity (Wildman–Crippen MR) is 121 cm³/mol. The standard InChI is InChI=1S/C24H29BN2O5/c28-21(11-16-6-8-20(9-7-16)27-15-17-3-2-10-26-14-17)13-19-12-18-4-1-5-22(24(29)30)23(18)32-25(19)31/h1-5,10,14,16,19-20,27,31H,6-9,11-13,15H2,(H,29,30)/t16?,19-,20?/m1/s1. The minimum Gasteiger partial charge on any atom is -0.535 e. The van der Waals surface area contributed by atoms with Gasteiger partial charge in [0.1, 0.15) is 11.5 Å². The number of Topliss-reactive ketones (excluding diaryl/α,β-unsaturated/α-hetero) is 1. The van der Waals surface area contributed by atoms with Gasteiger partial charge in [0.2, 0.25) is 0 Å². The van der Waals surface area contributed by atoms with Gasteiger partial charge < -0.3 is 20.1 Å². The Morgan fingerprint density at radius 1 is 1.12 bits per heavy atom. The summed E-state index contributed by atoms with van der Waals surface area (Å²) in [5.74, 6) is -0.701. The van der Waals surface area contributed by atoms with Gasteiger partial charge in [-0.3, -0.25) is 9.78 Å². The SMILES string of the molecule is O=C(CC1CCC(NCc2cccnc2)CC1)C[C@H]1Cc2cccc(C(=O)O)c2OB1O. The maximum atomic E-state index is 12.7. The highest BCUT2D eigenvalue weighted by atomic mass is 16.5. The van der Waals surface area contributed by atoms with Crippen LogP contribution in [0.2, 0.25) is 5.82 Å². The Labute approximate surface area is 188 Å². The Kier molecular flexibility index (Phi) is 7.22. The van der Waals surface area contributed by atoms with Gasteiger partial charge >= 0.3 is 13.1 Å². The summed E-state index contributed by atoms with van der Waals surface area (Å²) in [6.07, 6.45) is 9.01. The molecule has 2 heterocycles. The summed E-state index contributed by atoms with van der Waals surface area (Å²) in [4.78, 5) is 28.2. The molecular weight excluding hydrogens is 407 g/mol. The number of rotatable bonds is 8. The average Bonchev–Trinajstić information content (AvgIpc) is 2.79. The number of hydrogen-bond acceptors (Lipinski definition) is 6. The van der Waals surface area contributed by atoms with Crippen LogP contribution in [-0.4, -0.2) is 40.0 Å². The van der Waals surface area contributed by atoms with Crippen LogP contribution >= 0.6 is 0 Å². The monoisotopic (exact) mass is 436 g/mol. The Hall–Kier alpha value is -2.71. The number of nitrogens with one attached hydrogen (secondary N) is 1. The number of pyridine rings is 1. The highest BCUT2D eigenvalue weighted by Gasteiger charge is 2.38. The number of benzene rings is 1. The molecule has 1 aliphatic carbocycles. The molecule has 3 N–H and O–H groups in total. The van der Waals surface area contributed by atoms with Crippen LogP contribution in [-0.2, 0) is 17.8 Å². The van der Waals surface area contributed by atoms with Crippen molar-refractivity contribution in [3.05, 3.63) is 59.4 Å². The van der Waals surface area contributed by atoms with E-state index >= 15 is 0 Å². The van der Waals surface area contributed by atoms with Gasteiger partial charge in [0.15, 0.2) is 0 Å². The number of carboxylic acids is 1. The van der Waals surface area contributed by atoms with Crippen LogP contribution < -0.4 is 9.97 Å². The number of aromatic carboxylic acids is 1. The van der Waals surface area contributed by atoms with Gasteiger partial charge in [-0.15, -0.1) is 0 Å². The van der Waals surface area contributed by atoms with Crippen LogP contribution in [0.25, 0.3) is 0 Å². The summed E-state index contributed by atoms with van der Waals surface area (Å²) >= 11 is 0. The van der Waals surface area contributed by atoms with Crippen molar-refractivity contribution < 1.29 is 24.4 Å². The molecule has 0 bridgehead atoms. The van der Waals surface area contributed by atoms with Crippen LogP contribution in [0.5, 0.6) is 5.75 Å². The molecule has 1 aliphatic heterocycles. The van der Waals surface area contributed by atoms with E-state index in [0.717, 1.165) is 37.8 Å². The van der Waals surface area contributed by atoms with Gasteiger partial charge in [-0.05, 0) is 61.3 Å². The summed E-state index contributed by atoms with van der Waals surface area (Å²) in [5.41, 5.74) is 1.95. The first-order chi connectivity index (χ1) is 15.5. The van der Waals surface area contributed by atoms with Gasteiger partial charge in [-0.25, -0.2) is 4.79 Å². The second-order valence-corrected chi connectivity index (χ2v) is 8.98. The van der Waals surface area contributed by atoms with Crippen molar-refractivity contribution in [1.29, 1.82) is 0 Å². The number of carbonyl (C=O) groups is 2. The minimum absolute atomic E-state index is 0.0419. The summed E-state index contributed by atoms with van der Waals surface area (Å²) in [6.45, 7) is 0.812. The Bertz CT molecular complexity index is 947. The fourth-order valence-corrected chi connectivity index (χ4v) is 4.86. The number of carbonyl (C=O) groups excluding carboxylic acids is 1. The summed E-state index contributed by atoms with van der Waals surface area (Å²) in [5, 5.41) is 23.3. The van der Waals surface area contributed by atoms with Crippen molar-refractivity contribution in [1.82, 2.24) is 10.3 Å². The molecule has 1 aromatic carbocycles. The number of nitrogens with zero attached hydrogens (tertiary/aromatic N) is 1. The highest BCUT2D eigenvalue weighted by Crippen LogP contribution is 2.37. The molecule has 168 valence electrons. The number of hydrogen-bond donors (Lipinski definition) is 3. The van der Waals surface area contributed by atoms with Gasteiger partial charge in [0, 0.05) is 43.6 Å². The zero-order valence-electron chi connectivity index (χ0n) is 18.1. The molecule has 32 heavy (non-hydrogen) atoms. The Morgan fingerprint density at radius 2 is 1.94 bits per heavy atom. The third-order valence-corrected chi connectivity index (χ3v) is 6.62. The topological polar surface area (TPSA) is 109 Å². The molecule has 0 amide bonds. The first kappa shape index (κ1) is 22.5. The number of fused-ring (bicyclic) bond motifs is 1. The minimum atomic E-state index is -1.17. The van der Waals surface area contributed by atoms with Gasteiger partial charge in [0.05, 0.1) is 5.56 Å². The van der Waals surface area contributed by atoms with Crippen molar-refractivity contribution in [2.24, 2.45) is 5.92 Å². The normalized spacial score (nSPS) is 22.7. The summed E-state index contributed by atoms with van der Waals surface area (Å²) in [6, 6.07) is 9.40. The Morgan fingerprint density at radius 3 is 2.66 bits per heavy atom. The molecule has 0 saturated heterocycles. The fourth-order valence-electron chi connectivity index (χ4n) is 4.86. The number of ketones is 1. The lowest BCUT2D eigenvalue weighted by Gasteiger charge is -2.30. The molecule has 4 rings (SSSR count). The number of aromatic nitrogens is 1. The maximum Gasteiger partial charge on any atom is 0.526 e. The lowest BCUT2D eigenvalue weighted by Crippen LogP contribution is -2.36. The molecule has 7 nitrogen and oxygen atoms in total. The lowest BCUT2D eigenvalue weighted by atomic mass is 9.64. The van der Waals surface area contributed by atoms with Crippen LogP contribution in [0, 0.1) is 5.92 Å². The van der Waals surface area contributed by atoms with Crippen molar-refractivity contribution in [3.8, 4) is 5.75 Å². The van der Waals surface area contributed by atoms with Crippen molar-refractivity contribution in [2.45, 2.75) is 63.3 Å². The zero-order valence-corrected chi connectivity index (χ0v) is 18.1. The van der Waals surface area contributed by atoms with E-state index in [4.69, 9.17) is 4.65 Å². The van der Waals surface area contributed by atoms with E-state index in [9.17, 15) is 19.7 Å². The first-order valence-corrected chi connectivity index (χ1v) is 11.3. The second-order valence-electron chi connectivity index (χ2n) is 8.98. The molecule has 2 aromatic rings. The molecule has 1 fully saturated rings. The van der Waals surface area contributed by atoms with Gasteiger partial charge in [0.25, 0.3) is 0 Å². The van der Waals surface area contributed by atoms with Crippen LogP contribution in [0.4, 0.5) is 0 Å². The molecule has 1 saturated carbocycles. The summed E-state index contributed by atoms with van der Waals surface area (Å²) < 4.78 is 5.51. The van der Waals surface area contributed by atoms with Crippen LogP contribution in [0.3, 0.4) is 0 Å². The van der Waals surface area contributed by atoms with Crippen molar-refractivity contribution >= 4 is 18.9 Å². The largest absolute Gasteiger partial charge is 0.535 e. The van der Waals surface area contributed by atoms with Crippen LogP contribution in [0.1, 0.15) is 60.0 Å². The van der Waals surface area contributed by atoms with Crippen molar-refractivity contribution in [3.63, 3.8) is 0 Å². The van der Waals surface area contributed by atoms with E-state index in [2.05, 4.69) is 16.4 Å². The smallest absolute Gasteiger partial charge is 0.526 e. The molecular formula is C24H29BN2O5. The van der Waals surface area contributed by atoms with E-state index in [0.29, 0.717) is 24.8 Å². The lowest BCUT2D eigenvalue weighted by molar-refractivity contribution is -0.120. The first-order valence-electron chi connectivity index (χ1n) is 11.3. The predicted octanol–water partition coefficient (Wildman–Crippen LogP) is 3.26. The molecule has 0 spiro atoms. The van der Waals surface area contributed by atoms with E-state index in [1.165, 1.54) is 11.6 Å². The summed E-state index contributed by atoms with van der Waals surface area (Å²) in [7, 11) is -1.17. The van der Waals surface area contributed by atoms with Crippen molar-refractivity contribution in [2.75, 3.05) is 0 Å². The number of para-hydroxylation sites is 1. The molecule has 0 unspecified atom stereocenters. The Balaban J connectivity index is 1.23. The third kappa shape index (κ3) is 5.55. The third-order valence-electron chi connectivity index (χ3n) is 6.62. The quantitative estimate of drug-likeness (QED) is 0.545. The molecule has 2 aliphatic rings. The van der Waals surface area contributed by atoms with Gasteiger partial charge in [-0.2, -0.15) is 0 Å². The number of carboxylic acid groups (broad SMARTS) is 1. The fraction of sp³-hybridized carbons (Fsp3) is 0.458. The van der Waals surface area contributed by atoms with E-state index in [-0.39, 0.29) is 29.3 Å². The average molecular weight is 436 g/mol. The molecule has 0 radical (unpaired) electrons. The van der Waals surface area contributed by atoms with Crippen LogP contribution in [0.15, 0.2) is 42.7 Å². The van der Waals surface area contributed by atoms with E-state index in [1.807, 2.05) is 12.3 Å². The molecule has 1 aromatic heterocycles. The highest BCUT2D eigenvalue weighted by molar-refractivity contribution is 6.47. The van der Waals surface area contributed by atoms with Gasteiger partial charge in [-0.1, -0.05) is 18.2 Å².